The first-order chi connectivity index (χ1) is 12.9. The molecule has 0 spiro atoms. The molecule has 0 aliphatic carbocycles. The second kappa shape index (κ2) is 8.07. The lowest BCUT2D eigenvalue weighted by Gasteiger charge is -2.34. The Balaban J connectivity index is 1.66. The maximum Gasteiger partial charge on any atom is 0.321 e. The van der Waals surface area contributed by atoms with Crippen LogP contribution in [0.5, 0.6) is 11.5 Å². The molecule has 142 valence electrons. The van der Waals surface area contributed by atoms with Crippen molar-refractivity contribution in [3.63, 3.8) is 0 Å². The lowest BCUT2D eigenvalue weighted by atomic mass is 9.91. The van der Waals surface area contributed by atoms with Crippen LogP contribution < -0.4 is 10.1 Å². The summed E-state index contributed by atoms with van der Waals surface area (Å²) in [6, 6.07) is 8.70. The van der Waals surface area contributed by atoms with E-state index in [-0.39, 0.29) is 18.5 Å². The van der Waals surface area contributed by atoms with E-state index in [2.05, 4.69) is 10.3 Å². The highest BCUT2D eigenvalue weighted by atomic mass is 16.5. The molecule has 2 aromatic rings. The first kappa shape index (κ1) is 18.7. The van der Waals surface area contributed by atoms with Gasteiger partial charge in [0, 0.05) is 25.0 Å². The lowest BCUT2D eigenvalue weighted by molar-refractivity contribution is -0.143. The summed E-state index contributed by atoms with van der Waals surface area (Å²) >= 11 is 0. The molecule has 2 heterocycles. The van der Waals surface area contributed by atoms with Crippen molar-refractivity contribution in [2.75, 3.05) is 18.4 Å². The van der Waals surface area contributed by atoms with Crippen LogP contribution in [0.4, 0.5) is 10.5 Å². The van der Waals surface area contributed by atoms with E-state index >= 15 is 0 Å². The highest BCUT2D eigenvalue weighted by Gasteiger charge is 2.31. The van der Waals surface area contributed by atoms with Crippen molar-refractivity contribution in [2.24, 2.45) is 11.8 Å². The molecule has 27 heavy (non-hydrogen) atoms. The van der Waals surface area contributed by atoms with E-state index in [0.717, 1.165) is 5.56 Å². The van der Waals surface area contributed by atoms with Crippen molar-refractivity contribution in [1.29, 1.82) is 0 Å². The number of carboxylic acid groups (broad SMARTS) is 1. The lowest BCUT2D eigenvalue weighted by Crippen LogP contribution is -2.47. The predicted molar refractivity (Wildman–Crippen MR) is 101 cm³/mol. The van der Waals surface area contributed by atoms with Crippen LogP contribution in [-0.2, 0) is 4.79 Å². The Bertz CT molecular complexity index is 825. The molecule has 1 aliphatic rings. The van der Waals surface area contributed by atoms with Gasteiger partial charge in [-0.25, -0.2) is 4.79 Å². The van der Waals surface area contributed by atoms with Gasteiger partial charge in [-0.15, -0.1) is 0 Å². The Morgan fingerprint density at radius 3 is 2.78 bits per heavy atom. The van der Waals surface area contributed by atoms with Crippen molar-refractivity contribution in [2.45, 2.75) is 20.3 Å². The number of aliphatic carboxylic acids is 1. The fourth-order valence-electron chi connectivity index (χ4n) is 3.27. The summed E-state index contributed by atoms with van der Waals surface area (Å²) in [6.45, 7) is 4.64. The zero-order valence-electron chi connectivity index (χ0n) is 15.4. The quantitative estimate of drug-likeness (QED) is 0.856. The summed E-state index contributed by atoms with van der Waals surface area (Å²) in [4.78, 5) is 29.4. The second-order valence-electron chi connectivity index (χ2n) is 6.98. The summed E-state index contributed by atoms with van der Waals surface area (Å²) in [7, 11) is 0. The van der Waals surface area contributed by atoms with E-state index in [4.69, 9.17) is 4.74 Å². The highest BCUT2D eigenvalue weighted by Crippen LogP contribution is 2.27. The number of ether oxygens (including phenoxy) is 1. The van der Waals surface area contributed by atoms with Crippen LogP contribution in [0.3, 0.4) is 0 Å². The molecular weight excluding hydrogens is 346 g/mol. The molecule has 2 amide bonds. The Morgan fingerprint density at radius 2 is 2.11 bits per heavy atom. The SMILES string of the molecule is Cc1cc(NC(=O)N2CC(C)CC(C(=O)O)C2)ccc1Oc1cccnc1. The summed E-state index contributed by atoms with van der Waals surface area (Å²) in [6.07, 6.45) is 3.90. The number of anilines is 1. The third-order valence-electron chi connectivity index (χ3n) is 4.58. The number of pyridine rings is 1. The molecule has 7 nitrogen and oxygen atoms in total. The molecule has 1 aromatic carbocycles. The van der Waals surface area contributed by atoms with Gasteiger partial charge in [-0.3, -0.25) is 9.78 Å². The fraction of sp³-hybridized carbons (Fsp3) is 0.350. The van der Waals surface area contributed by atoms with Gasteiger partial charge in [0.05, 0.1) is 12.1 Å². The molecule has 0 saturated carbocycles. The van der Waals surface area contributed by atoms with Gasteiger partial charge in [-0.1, -0.05) is 6.92 Å². The minimum atomic E-state index is -0.855. The van der Waals surface area contributed by atoms with Gasteiger partial charge < -0.3 is 20.1 Å². The number of aryl methyl sites for hydroxylation is 1. The number of carbonyl (C=O) groups excluding carboxylic acids is 1. The molecule has 3 rings (SSSR count). The number of hydrogen-bond acceptors (Lipinski definition) is 4. The van der Waals surface area contributed by atoms with Gasteiger partial charge in [0.15, 0.2) is 0 Å². The Labute approximate surface area is 158 Å². The third-order valence-corrected chi connectivity index (χ3v) is 4.58. The minimum absolute atomic E-state index is 0.155. The topological polar surface area (TPSA) is 91.8 Å². The van der Waals surface area contributed by atoms with E-state index in [9.17, 15) is 14.7 Å². The Kier molecular flexibility index (Phi) is 5.59. The monoisotopic (exact) mass is 369 g/mol. The number of carboxylic acids is 1. The molecule has 2 N–H and O–H groups in total. The van der Waals surface area contributed by atoms with Crippen molar-refractivity contribution in [3.05, 3.63) is 48.3 Å². The number of piperidine rings is 1. The number of nitrogens with one attached hydrogen (secondary N) is 1. The smallest absolute Gasteiger partial charge is 0.321 e. The minimum Gasteiger partial charge on any atom is -0.481 e. The average Bonchev–Trinajstić information content (AvgIpc) is 2.64. The van der Waals surface area contributed by atoms with Gasteiger partial charge >= 0.3 is 12.0 Å². The van der Waals surface area contributed by atoms with E-state index in [1.54, 1.807) is 35.5 Å². The van der Waals surface area contributed by atoms with Crippen molar-refractivity contribution >= 4 is 17.7 Å². The summed E-state index contributed by atoms with van der Waals surface area (Å²) in [5, 5.41) is 12.1. The van der Waals surface area contributed by atoms with Crippen LogP contribution in [0.15, 0.2) is 42.7 Å². The Morgan fingerprint density at radius 1 is 1.30 bits per heavy atom. The molecule has 1 fully saturated rings. The zero-order chi connectivity index (χ0) is 19.4. The van der Waals surface area contributed by atoms with Crippen LogP contribution in [0, 0.1) is 18.8 Å². The normalized spacial score (nSPS) is 19.4. The summed E-state index contributed by atoms with van der Waals surface area (Å²) in [5.41, 5.74) is 1.51. The number of likely N-dealkylation sites (tertiary alicyclic amines) is 1. The molecule has 1 aliphatic heterocycles. The van der Waals surface area contributed by atoms with Crippen LogP contribution in [-0.4, -0.2) is 40.1 Å². The van der Waals surface area contributed by atoms with Crippen LogP contribution >= 0.6 is 0 Å². The maximum atomic E-state index is 12.6. The van der Waals surface area contributed by atoms with E-state index in [1.807, 2.05) is 26.0 Å². The second-order valence-corrected chi connectivity index (χ2v) is 6.98. The fourth-order valence-corrected chi connectivity index (χ4v) is 3.27. The molecule has 1 aromatic heterocycles. The van der Waals surface area contributed by atoms with Crippen molar-refractivity contribution in [3.8, 4) is 11.5 Å². The standard InChI is InChI=1S/C20H23N3O4/c1-13-8-15(19(24)25)12-23(11-13)20(26)22-16-5-6-18(14(2)9-16)27-17-4-3-7-21-10-17/h3-7,9-10,13,15H,8,11-12H2,1-2H3,(H,22,26)(H,24,25). The van der Waals surface area contributed by atoms with Gasteiger partial charge in [-0.05, 0) is 55.2 Å². The van der Waals surface area contributed by atoms with E-state index in [1.165, 1.54) is 0 Å². The zero-order valence-corrected chi connectivity index (χ0v) is 15.4. The predicted octanol–water partition coefficient (Wildman–Crippen LogP) is 3.76. The molecular formula is C20H23N3O4. The average molecular weight is 369 g/mol. The molecule has 0 radical (unpaired) electrons. The molecule has 2 atom stereocenters. The number of urea groups is 1. The van der Waals surface area contributed by atoms with Gasteiger partial charge in [0.2, 0.25) is 0 Å². The molecule has 1 saturated heterocycles. The number of rotatable bonds is 4. The first-order valence-electron chi connectivity index (χ1n) is 8.89. The number of hydrogen-bond donors (Lipinski definition) is 2. The number of benzene rings is 1. The largest absolute Gasteiger partial charge is 0.481 e. The van der Waals surface area contributed by atoms with Crippen LogP contribution in [0.25, 0.3) is 0 Å². The van der Waals surface area contributed by atoms with Crippen LogP contribution in [0.1, 0.15) is 18.9 Å². The highest BCUT2D eigenvalue weighted by molar-refractivity contribution is 5.90. The maximum absolute atomic E-state index is 12.6. The third kappa shape index (κ3) is 4.75. The van der Waals surface area contributed by atoms with E-state index in [0.29, 0.717) is 30.2 Å². The molecule has 7 heteroatoms. The molecule has 0 bridgehead atoms. The van der Waals surface area contributed by atoms with Crippen LogP contribution in [0.2, 0.25) is 0 Å². The number of aromatic nitrogens is 1. The summed E-state index contributed by atoms with van der Waals surface area (Å²) in [5.74, 6) is 0.101. The number of amides is 2. The number of nitrogens with zero attached hydrogens (tertiary/aromatic N) is 2. The first-order valence-corrected chi connectivity index (χ1v) is 8.89. The Hall–Kier alpha value is -3.09. The van der Waals surface area contributed by atoms with Crippen molar-refractivity contribution in [1.82, 2.24) is 9.88 Å². The number of carbonyl (C=O) groups is 2. The van der Waals surface area contributed by atoms with E-state index < -0.39 is 11.9 Å². The summed E-state index contributed by atoms with van der Waals surface area (Å²) < 4.78 is 5.79. The van der Waals surface area contributed by atoms with Gasteiger partial charge in [0.1, 0.15) is 11.5 Å². The molecule has 2 unspecified atom stereocenters. The van der Waals surface area contributed by atoms with Gasteiger partial charge in [0.25, 0.3) is 0 Å². The van der Waals surface area contributed by atoms with Crippen molar-refractivity contribution < 1.29 is 19.4 Å². The van der Waals surface area contributed by atoms with Gasteiger partial charge in [-0.2, -0.15) is 0 Å².